The highest BCUT2D eigenvalue weighted by Gasteiger charge is 2.44. The van der Waals surface area contributed by atoms with Gasteiger partial charge < -0.3 is 28.9 Å². The SMILES string of the molecule is CC(=O)O[C@@H](C(=O)OC(C)(C)C)[C@H]1OCCN(c2cccc(C(=O)N(C)CC(=O)N(C)C)c2)C1=O. The molecule has 1 fully saturated rings. The molecule has 3 amide bonds. The van der Waals surface area contributed by atoms with Gasteiger partial charge in [-0.25, -0.2) is 4.79 Å². The maximum Gasteiger partial charge on any atom is 0.351 e. The second kappa shape index (κ2) is 11.3. The topological polar surface area (TPSA) is 123 Å². The van der Waals surface area contributed by atoms with Gasteiger partial charge in [0.1, 0.15) is 5.60 Å². The van der Waals surface area contributed by atoms with E-state index < -0.39 is 41.6 Å². The number of carbonyl (C=O) groups excluding carboxylic acids is 5. The van der Waals surface area contributed by atoms with E-state index in [-0.39, 0.29) is 31.2 Å². The van der Waals surface area contributed by atoms with E-state index in [1.165, 1.54) is 27.8 Å². The first-order valence-corrected chi connectivity index (χ1v) is 11.1. The highest BCUT2D eigenvalue weighted by molar-refractivity contribution is 6.02. The Kier molecular flexibility index (Phi) is 8.97. The number of esters is 2. The third-order valence-corrected chi connectivity index (χ3v) is 4.95. The second-order valence-electron chi connectivity index (χ2n) is 9.34. The Hall–Kier alpha value is -3.47. The van der Waals surface area contributed by atoms with Gasteiger partial charge in [0.15, 0.2) is 6.10 Å². The predicted octanol–water partition coefficient (Wildman–Crippen LogP) is 0.852. The Labute approximate surface area is 204 Å². The Morgan fingerprint density at radius 3 is 2.40 bits per heavy atom. The molecule has 0 saturated carbocycles. The molecular weight excluding hydrogens is 458 g/mol. The highest BCUT2D eigenvalue weighted by atomic mass is 16.6. The molecule has 1 aliphatic heterocycles. The summed E-state index contributed by atoms with van der Waals surface area (Å²) in [6.45, 7) is 6.19. The summed E-state index contributed by atoms with van der Waals surface area (Å²) in [6, 6.07) is 6.34. The van der Waals surface area contributed by atoms with Crippen LogP contribution in [0.3, 0.4) is 0 Å². The molecule has 0 radical (unpaired) electrons. The van der Waals surface area contributed by atoms with Gasteiger partial charge >= 0.3 is 11.9 Å². The van der Waals surface area contributed by atoms with Crippen molar-refractivity contribution in [1.82, 2.24) is 9.80 Å². The molecule has 2 rings (SSSR count). The molecular formula is C24H33N3O8. The molecule has 0 aliphatic carbocycles. The summed E-state index contributed by atoms with van der Waals surface area (Å²) < 4.78 is 16.0. The zero-order chi connectivity index (χ0) is 26.5. The number of amides is 3. The van der Waals surface area contributed by atoms with Crippen LogP contribution in [0.2, 0.25) is 0 Å². The predicted molar refractivity (Wildman–Crippen MR) is 126 cm³/mol. The molecule has 1 aliphatic rings. The van der Waals surface area contributed by atoms with E-state index in [9.17, 15) is 24.0 Å². The van der Waals surface area contributed by atoms with Crippen LogP contribution in [0, 0.1) is 0 Å². The van der Waals surface area contributed by atoms with Crippen molar-refractivity contribution in [3.63, 3.8) is 0 Å². The smallest absolute Gasteiger partial charge is 0.351 e. The highest BCUT2D eigenvalue weighted by Crippen LogP contribution is 2.24. The van der Waals surface area contributed by atoms with E-state index in [1.54, 1.807) is 53.1 Å². The van der Waals surface area contributed by atoms with Crippen LogP contribution in [0.25, 0.3) is 0 Å². The van der Waals surface area contributed by atoms with Crippen molar-refractivity contribution in [2.75, 3.05) is 45.7 Å². The standard InChI is InChI=1S/C24H33N3O8/c1-15(28)34-20(23(32)35-24(2,3)4)19-22(31)27(11-12-33-19)17-10-8-9-16(13-17)21(30)26(7)14-18(29)25(5)6/h8-10,13,19-20H,11-12,14H2,1-7H3/t19-,20-/m1/s1. The van der Waals surface area contributed by atoms with Crippen LogP contribution in [0.15, 0.2) is 24.3 Å². The lowest BCUT2D eigenvalue weighted by molar-refractivity contribution is -0.188. The largest absolute Gasteiger partial charge is 0.457 e. The Balaban J connectivity index is 2.28. The molecule has 1 aromatic carbocycles. The zero-order valence-electron chi connectivity index (χ0n) is 21.2. The molecule has 0 spiro atoms. The fourth-order valence-electron chi connectivity index (χ4n) is 3.29. The number of morpholine rings is 1. The number of hydrogen-bond donors (Lipinski definition) is 0. The normalized spacial score (nSPS) is 16.8. The lowest BCUT2D eigenvalue weighted by Crippen LogP contribution is -2.56. The Morgan fingerprint density at radius 1 is 1.17 bits per heavy atom. The maximum absolute atomic E-state index is 13.3. The van der Waals surface area contributed by atoms with E-state index in [0.717, 1.165) is 6.92 Å². The Morgan fingerprint density at radius 2 is 1.83 bits per heavy atom. The first-order chi connectivity index (χ1) is 16.2. The summed E-state index contributed by atoms with van der Waals surface area (Å²) in [5.74, 6) is -2.91. The fraction of sp³-hybridized carbons (Fsp3) is 0.542. The van der Waals surface area contributed by atoms with Crippen molar-refractivity contribution in [2.45, 2.75) is 45.5 Å². The summed E-state index contributed by atoms with van der Waals surface area (Å²) in [7, 11) is 4.71. The Bertz CT molecular complexity index is 985. The van der Waals surface area contributed by atoms with Crippen LogP contribution in [-0.2, 0) is 33.4 Å². The summed E-state index contributed by atoms with van der Waals surface area (Å²) in [5.41, 5.74) is -0.204. The van der Waals surface area contributed by atoms with Crippen molar-refractivity contribution >= 4 is 35.3 Å². The van der Waals surface area contributed by atoms with Crippen LogP contribution >= 0.6 is 0 Å². The third-order valence-electron chi connectivity index (χ3n) is 4.95. The van der Waals surface area contributed by atoms with Gasteiger partial charge in [0.2, 0.25) is 12.0 Å². The number of likely N-dealkylation sites (N-methyl/N-ethyl adjacent to an activating group) is 2. The van der Waals surface area contributed by atoms with Gasteiger partial charge in [-0.2, -0.15) is 0 Å². The van der Waals surface area contributed by atoms with Crippen LogP contribution in [-0.4, -0.2) is 98.1 Å². The van der Waals surface area contributed by atoms with Crippen molar-refractivity contribution < 1.29 is 38.2 Å². The molecule has 0 unspecified atom stereocenters. The maximum atomic E-state index is 13.3. The van der Waals surface area contributed by atoms with Crippen molar-refractivity contribution in [2.24, 2.45) is 0 Å². The number of hydrogen-bond acceptors (Lipinski definition) is 8. The lowest BCUT2D eigenvalue weighted by Gasteiger charge is -2.35. The van der Waals surface area contributed by atoms with Gasteiger partial charge in [0.05, 0.1) is 13.2 Å². The van der Waals surface area contributed by atoms with Crippen LogP contribution in [0.4, 0.5) is 5.69 Å². The molecule has 1 saturated heterocycles. The van der Waals surface area contributed by atoms with Crippen LogP contribution in [0.1, 0.15) is 38.1 Å². The number of anilines is 1. The average molecular weight is 492 g/mol. The first kappa shape index (κ1) is 27.8. The van der Waals surface area contributed by atoms with Crippen molar-refractivity contribution in [3.8, 4) is 0 Å². The molecule has 1 aromatic rings. The second-order valence-corrected chi connectivity index (χ2v) is 9.34. The molecule has 35 heavy (non-hydrogen) atoms. The molecule has 192 valence electrons. The molecule has 0 bridgehead atoms. The van der Waals surface area contributed by atoms with Gasteiger partial charge in [-0.05, 0) is 39.0 Å². The minimum absolute atomic E-state index is 0.0619. The molecule has 11 heteroatoms. The average Bonchev–Trinajstić information content (AvgIpc) is 2.76. The van der Waals surface area contributed by atoms with Crippen LogP contribution in [0.5, 0.6) is 0 Å². The van der Waals surface area contributed by atoms with Gasteiger partial charge in [-0.3, -0.25) is 19.2 Å². The van der Waals surface area contributed by atoms with E-state index in [4.69, 9.17) is 14.2 Å². The summed E-state index contributed by atoms with van der Waals surface area (Å²) >= 11 is 0. The first-order valence-electron chi connectivity index (χ1n) is 11.1. The molecule has 0 aromatic heterocycles. The lowest BCUT2D eigenvalue weighted by atomic mass is 10.1. The third kappa shape index (κ3) is 7.51. The van der Waals surface area contributed by atoms with E-state index in [1.807, 2.05) is 0 Å². The summed E-state index contributed by atoms with van der Waals surface area (Å²) in [6.07, 6.45) is -3.00. The number of carbonyl (C=O) groups is 5. The van der Waals surface area contributed by atoms with Crippen LogP contribution < -0.4 is 4.90 Å². The van der Waals surface area contributed by atoms with Gasteiger partial charge in [-0.15, -0.1) is 0 Å². The molecule has 2 atom stereocenters. The number of benzene rings is 1. The minimum Gasteiger partial charge on any atom is -0.457 e. The number of rotatable bonds is 7. The number of ether oxygens (including phenoxy) is 3. The minimum atomic E-state index is -1.59. The van der Waals surface area contributed by atoms with E-state index in [2.05, 4.69) is 0 Å². The van der Waals surface area contributed by atoms with Crippen molar-refractivity contribution in [1.29, 1.82) is 0 Å². The van der Waals surface area contributed by atoms with Crippen molar-refractivity contribution in [3.05, 3.63) is 29.8 Å². The van der Waals surface area contributed by atoms with Gasteiger partial charge in [0, 0.05) is 45.9 Å². The monoisotopic (exact) mass is 491 g/mol. The molecule has 0 N–H and O–H groups in total. The summed E-state index contributed by atoms with van der Waals surface area (Å²) in [5, 5.41) is 0. The summed E-state index contributed by atoms with van der Waals surface area (Å²) in [4.78, 5) is 66.5. The van der Waals surface area contributed by atoms with E-state index >= 15 is 0 Å². The molecule has 11 nitrogen and oxygen atoms in total. The fourth-order valence-corrected chi connectivity index (χ4v) is 3.29. The van der Waals surface area contributed by atoms with Gasteiger partial charge in [0.25, 0.3) is 11.8 Å². The van der Waals surface area contributed by atoms with E-state index in [0.29, 0.717) is 5.69 Å². The molecule has 1 heterocycles. The quantitative estimate of drug-likeness (QED) is 0.515. The van der Waals surface area contributed by atoms with Gasteiger partial charge in [-0.1, -0.05) is 6.07 Å². The zero-order valence-corrected chi connectivity index (χ0v) is 21.2. The number of nitrogens with zero attached hydrogens (tertiary/aromatic N) is 3.